The molecule has 0 bridgehead atoms. The normalized spacial score (nSPS) is 22.4. The maximum Gasteiger partial charge on any atom is 0.239 e. The van der Waals surface area contributed by atoms with E-state index in [1.807, 2.05) is 13.8 Å². The highest BCUT2D eigenvalue weighted by molar-refractivity contribution is 5.87. The van der Waals surface area contributed by atoms with Crippen LogP contribution in [0.4, 0.5) is 0 Å². The molecule has 2 unspecified atom stereocenters. The Morgan fingerprint density at radius 2 is 2.35 bits per heavy atom. The van der Waals surface area contributed by atoms with Gasteiger partial charge in [-0.15, -0.1) is 0 Å². The first-order valence-electron chi connectivity index (χ1n) is 6.36. The van der Waals surface area contributed by atoms with E-state index < -0.39 is 0 Å². The van der Waals surface area contributed by atoms with E-state index in [4.69, 9.17) is 0 Å². The van der Waals surface area contributed by atoms with E-state index in [0.29, 0.717) is 6.54 Å². The van der Waals surface area contributed by atoms with Gasteiger partial charge in [0.25, 0.3) is 0 Å². The fraction of sp³-hybridized carbons (Fsp3) is 0.833. The topological polar surface area (TPSA) is 61.4 Å². The molecule has 1 fully saturated rings. The number of carbonyl (C=O) groups excluding carboxylic acids is 2. The van der Waals surface area contributed by atoms with Crippen LogP contribution in [0.25, 0.3) is 0 Å². The number of nitrogens with zero attached hydrogens (tertiary/aromatic N) is 1. The molecule has 0 aliphatic carbocycles. The van der Waals surface area contributed by atoms with Gasteiger partial charge >= 0.3 is 0 Å². The molecule has 1 aliphatic heterocycles. The fourth-order valence-electron chi connectivity index (χ4n) is 2.04. The number of piperazine rings is 1. The van der Waals surface area contributed by atoms with Crippen LogP contribution >= 0.6 is 0 Å². The zero-order chi connectivity index (χ0) is 12.8. The first-order chi connectivity index (χ1) is 8.04. The van der Waals surface area contributed by atoms with Crippen molar-refractivity contribution < 1.29 is 9.59 Å². The lowest BCUT2D eigenvalue weighted by Crippen LogP contribution is -2.56. The van der Waals surface area contributed by atoms with E-state index in [0.717, 1.165) is 19.4 Å². The number of carbonyl (C=O) groups is 2. The van der Waals surface area contributed by atoms with Crippen molar-refractivity contribution in [2.45, 2.75) is 45.7 Å². The molecule has 2 atom stereocenters. The summed E-state index contributed by atoms with van der Waals surface area (Å²) in [5.41, 5.74) is 0. The maximum atomic E-state index is 11.8. The summed E-state index contributed by atoms with van der Waals surface area (Å²) in [4.78, 5) is 25.1. The van der Waals surface area contributed by atoms with Crippen LogP contribution in [0.3, 0.4) is 0 Å². The van der Waals surface area contributed by atoms with Crippen LogP contribution in [0.2, 0.25) is 0 Å². The molecule has 0 spiro atoms. The minimum atomic E-state index is -0.176. The summed E-state index contributed by atoms with van der Waals surface area (Å²) in [5, 5.41) is 5.98. The predicted molar refractivity (Wildman–Crippen MR) is 66.6 cm³/mol. The smallest absolute Gasteiger partial charge is 0.239 e. The highest BCUT2D eigenvalue weighted by Gasteiger charge is 2.26. The average molecular weight is 241 g/mol. The van der Waals surface area contributed by atoms with E-state index in [1.165, 1.54) is 0 Å². The van der Waals surface area contributed by atoms with Gasteiger partial charge < -0.3 is 15.5 Å². The van der Waals surface area contributed by atoms with E-state index in [9.17, 15) is 9.59 Å². The van der Waals surface area contributed by atoms with Gasteiger partial charge in [-0.25, -0.2) is 0 Å². The lowest BCUT2D eigenvalue weighted by atomic mass is 10.2. The van der Waals surface area contributed by atoms with Crippen LogP contribution < -0.4 is 10.6 Å². The molecule has 0 aromatic rings. The monoisotopic (exact) mass is 241 g/mol. The van der Waals surface area contributed by atoms with Gasteiger partial charge in [0, 0.05) is 19.1 Å². The molecule has 5 heteroatoms. The highest BCUT2D eigenvalue weighted by atomic mass is 16.2. The molecule has 2 amide bonds. The summed E-state index contributed by atoms with van der Waals surface area (Å²) < 4.78 is 0. The average Bonchev–Trinajstić information content (AvgIpc) is 2.25. The van der Waals surface area contributed by atoms with Crippen LogP contribution in [-0.2, 0) is 9.59 Å². The van der Waals surface area contributed by atoms with Gasteiger partial charge in [0.05, 0.1) is 12.6 Å². The van der Waals surface area contributed by atoms with Gasteiger partial charge in [0.2, 0.25) is 11.8 Å². The molecule has 17 heavy (non-hydrogen) atoms. The molecule has 1 heterocycles. The van der Waals surface area contributed by atoms with Gasteiger partial charge in [-0.2, -0.15) is 0 Å². The van der Waals surface area contributed by atoms with Crippen LogP contribution in [0.15, 0.2) is 0 Å². The highest BCUT2D eigenvalue weighted by Crippen LogP contribution is 2.01. The van der Waals surface area contributed by atoms with E-state index in [2.05, 4.69) is 17.6 Å². The SMILES string of the molecule is CCCC(C)NC(=O)CN1CCNC(C)C1=O. The fourth-order valence-corrected chi connectivity index (χ4v) is 2.04. The van der Waals surface area contributed by atoms with E-state index in [1.54, 1.807) is 4.90 Å². The lowest BCUT2D eigenvalue weighted by molar-refractivity contribution is -0.139. The molecule has 0 saturated carbocycles. The third kappa shape index (κ3) is 4.34. The van der Waals surface area contributed by atoms with Crippen molar-refractivity contribution in [1.29, 1.82) is 0 Å². The summed E-state index contributed by atoms with van der Waals surface area (Å²) in [6, 6.07) is 0.00700. The van der Waals surface area contributed by atoms with Crippen molar-refractivity contribution in [2.24, 2.45) is 0 Å². The Labute approximate surface area is 103 Å². The molecule has 0 aromatic carbocycles. The zero-order valence-electron chi connectivity index (χ0n) is 11.0. The van der Waals surface area contributed by atoms with Crippen molar-refractivity contribution in [2.75, 3.05) is 19.6 Å². The Morgan fingerprint density at radius 1 is 1.65 bits per heavy atom. The lowest BCUT2D eigenvalue weighted by Gasteiger charge is -2.31. The number of hydrogen-bond acceptors (Lipinski definition) is 3. The number of amides is 2. The quantitative estimate of drug-likeness (QED) is 0.718. The Kier molecular flexibility index (Phi) is 5.41. The molecule has 0 radical (unpaired) electrons. The predicted octanol–water partition coefficient (Wildman–Crippen LogP) is 0.112. The van der Waals surface area contributed by atoms with Gasteiger partial charge in [-0.1, -0.05) is 13.3 Å². The van der Waals surface area contributed by atoms with Crippen molar-refractivity contribution in [1.82, 2.24) is 15.5 Å². The van der Waals surface area contributed by atoms with Crippen LogP contribution in [-0.4, -0.2) is 48.4 Å². The van der Waals surface area contributed by atoms with E-state index in [-0.39, 0.29) is 30.4 Å². The second kappa shape index (κ2) is 6.59. The Balaban J connectivity index is 2.37. The van der Waals surface area contributed by atoms with Gasteiger partial charge in [0.15, 0.2) is 0 Å². The van der Waals surface area contributed by atoms with Crippen LogP contribution in [0.5, 0.6) is 0 Å². The summed E-state index contributed by atoms with van der Waals surface area (Å²) >= 11 is 0. The summed E-state index contributed by atoms with van der Waals surface area (Å²) in [5.74, 6) is -0.0528. The Hall–Kier alpha value is -1.10. The summed E-state index contributed by atoms with van der Waals surface area (Å²) in [7, 11) is 0. The van der Waals surface area contributed by atoms with Crippen molar-refractivity contribution in [3.63, 3.8) is 0 Å². The van der Waals surface area contributed by atoms with Gasteiger partial charge in [-0.05, 0) is 20.3 Å². The first kappa shape index (κ1) is 14.0. The van der Waals surface area contributed by atoms with Gasteiger partial charge in [-0.3, -0.25) is 9.59 Å². The van der Waals surface area contributed by atoms with Crippen molar-refractivity contribution >= 4 is 11.8 Å². The largest absolute Gasteiger partial charge is 0.352 e. The van der Waals surface area contributed by atoms with Gasteiger partial charge in [0.1, 0.15) is 0 Å². The third-order valence-electron chi connectivity index (χ3n) is 2.98. The number of hydrogen-bond donors (Lipinski definition) is 2. The molecular weight excluding hydrogens is 218 g/mol. The molecule has 1 rings (SSSR count). The molecule has 5 nitrogen and oxygen atoms in total. The Morgan fingerprint density at radius 3 is 3.00 bits per heavy atom. The molecule has 1 saturated heterocycles. The summed E-state index contributed by atoms with van der Waals surface area (Å²) in [6.45, 7) is 7.45. The van der Waals surface area contributed by atoms with Crippen LogP contribution in [0, 0.1) is 0 Å². The molecule has 2 N–H and O–H groups in total. The van der Waals surface area contributed by atoms with Crippen molar-refractivity contribution in [3.05, 3.63) is 0 Å². The Bertz CT molecular complexity index is 281. The molecule has 98 valence electrons. The van der Waals surface area contributed by atoms with E-state index >= 15 is 0 Å². The number of nitrogens with one attached hydrogen (secondary N) is 2. The maximum absolute atomic E-state index is 11.8. The third-order valence-corrected chi connectivity index (χ3v) is 2.98. The number of rotatable bonds is 5. The second-order valence-electron chi connectivity index (χ2n) is 4.69. The first-order valence-corrected chi connectivity index (χ1v) is 6.36. The molecular formula is C12H23N3O2. The molecule has 0 aromatic heterocycles. The van der Waals surface area contributed by atoms with Crippen molar-refractivity contribution in [3.8, 4) is 0 Å². The minimum Gasteiger partial charge on any atom is -0.352 e. The standard InChI is InChI=1S/C12H23N3O2/c1-4-5-9(2)14-11(16)8-15-7-6-13-10(3)12(15)17/h9-10,13H,4-8H2,1-3H3,(H,14,16). The minimum absolute atomic E-state index is 0.00884. The molecule has 1 aliphatic rings. The second-order valence-corrected chi connectivity index (χ2v) is 4.69. The zero-order valence-corrected chi connectivity index (χ0v) is 11.0. The van der Waals surface area contributed by atoms with Crippen LogP contribution in [0.1, 0.15) is 33.6 Å². The summed E-state index contributed by atoms with van der Waals surface area (Å²) in [6.07, 6.45) is 2.02.